The van der Waals surface area contributed by atoms with Crippen molar-refractivity contribution in [2.24, 2.45) is 4.99 Å². The number of hydrogen-bond donors (Lipinski definition) is 2. The molecule has 7 nitrogen and oxygen atoms in total. The fourth-order valence-corrected chi connectivity index (χ4v) is 3.66. The zero-order chi connectivity index (χ0) is 19.7. The molecule has 144 valence electrons. The Morgan fingerprint density at radius 2 is 1.79 bits per heavy atom. The van der Waals surface area contributed by atoms with Crippen LogP contribution in [0.2, 0.25) is 5.02 Å². The van der Waals surface area contributed by atoms with Crippen LogP contribution < -0.4 is 10.6 Å². The Balaban J connectivity index is 1.66. The zero-order valence-corrected chi connectivity index (χ0v) is 16.1. The van der Waals surface area contributed by atoms with Crippen LogP contribution in [0.5, 0.6) is 0 Å². The molecule has 2 aromatic carbocycles. The first-order valence-corrected chi connectivity index (χ1v) is 9.35. The van der Waals surface area contributed by atoms with Gasteiger partial charge in [0.2, 0.25) is 0 Å². The predicted octanol–water partition coefficient (Wildman–Crippen LogP) is 2.18. The van der Waals surface area contributed by atoms with Crippen LogP contribution in [0.15, 0.2) is 59.6 Å². The highest BCUT2D eigenvalue weighted by Crippen LogP contribution is 2.24. The lowest BCUT2D eigenvalue weighted by Crippen LogP contribution is -2.64. The van der Waals surface area contributed by atoms with Crippen molar-refractivity contribution in [1.82, 2.24) is 20.4 Å². The highest BCUT2D eigenvalue weighted by molar-refractivity contribution is 6.31. The first-order valence-electron chi connectivity index (χ1n) is 8.97. The number of benzene rings is 2. The number of rotatable bonds is 4. The second kappa shape index (κ2) is 7.52. The Labute approximate surface area is 168 Å². The molecular weight excluding hydrogens is 378 g/mol. The Bertz CT molecular complexity index is 933. The van der Waals surface area contributed by atoms with Gasteiger partial charge in [-0.05, 0) is 17.2 Å². The lowest BCUT2D eigenvalue weighted by Gasteiger charge is -2.35. The standard InChI is InChI=1S/C20H20ClN5O2/c1-25-17-16(18(27)24-20(25)28)26(12-13-7-3-2-4-8-13)19(23-17)22-11-14-9-5-6-10-15(14)21/h2-10,16-17H,11-12H2,1H3,(H,22,23)(H,24,27,28). The number of fused-ring (bicyclic) bond motifs is 1. The maximum atomic E-state index is 12.6. The molecule has 8 heteroatoms. The molecule has 0 saturated carbocycles. The summed E-state index contributed by atoms with van der Waals surface area (Å²) in [6.07, 6.45) is -0.477. The monoisotopic (exact) mass is 397 g/mol. The fourth-order valence-electron chi connectivity index (χ4n) is 3.46. The number of amides is 3. The maximum absolute atomic E-state index is 12.6. The minimum absolute atomic E-state index is 0.334. The van der Waals surface area contributed by atoms with Crippen LogP contribution in [-0.2, 0) is 17.9 Å². The van der Waals surface area contributed by atoms with Crippen LogP contribution in [0.3, 0.4) is 0 Å². The summed E-state index contributed by atoms with van der Waals surface area (Å²) in [6, 6.07) is 16.4. The number of carbonyl (C=O) groups excluding carboxylic acids is 2. The number of carbonyl (C=O) groups is 2. The number of urea groups is 1. The van der Waals surface area contributed by atoms with Gasteiger partial charge in [-0.3, -0.25) is 10.1 Å². The van der Waals surface area contributed by atoms with Gasteiger partial charge in [-0.25, -0.2) is 9.79 Å². The third kappa shape index (κ3) is 3.41. The number of guanidine groups is 1. The topological polar surface area (TPSA) is 77.0 Å². The second-order valence-electron chi connectivity index (χ2n) is 6.78. The van der Waals surface area contributed by atoms with Crippen molar-refractivity contribution in [2.75, 3.05) is 7.05 Å². The van der Waals surface area contributed by atoms with Crippen LogP contribution in [0.1, 0.15) is 11.1 Å². The molecule has 2 aliphatic rings. The van der Waals surface area contributed by atoms with E-state index in [4.69, 9.17) is 11.6 Å². The summed E-state index contributed by atoms with van der Waals surface area (Å²) >= 11 is 6.24. The van der Waals surface area contributed by atoms with Gasteiger partial charge >= 0.3 is 6.03 Å². The van der Waals surface area contributed by atoms with Crippen molar-refractivity contribution in [3.8, 4) is 0 Å². The van der Waals surface area contributed by atoms with Gasteiger partial charge in [0.1, 0.15) is 6.17 Å². The van der Waals surface area contributed by atoms with Gasteiger partial charge in [0.05, 0.1) is 6.54 Å². The summed E-state index contributed by atoms with van der Waals surface area (Å²) in [5.41, 5.74) is 1.93. The summed E-state index contributed by atoms with van der Waals surface area (Å²) in [7, 11) is 1.66. The van der Waals surface area contributed by atoms with Crippen molar-refractivity contribution < 1.29 is 9.59 Å². The quantitative estimate of drug-likeness (QED) is 0.829. The van der Waals surface area contributed by atoms with Crippen LogP contribution in [0.25, 0.3) is 0 Å². The van der Waals surface area contributed by atoms with Gasteiger partial charge in [0, 0.05) is 18.6 Å². The molecule has 2 unspecified atom stereocenters. The average molecular weight is 398 g/mol. The molecule has 2 fully saturated rings. The van der Waals surface area contributed by atoms with Crippen molar-refractivity contribution in [1.29, 1.82) is 0 Å². The highest BCUT2D eigenvalue weighted by atomic mass is 35.5. The third-order valence-electron chi connectivity index (χ3n) is 4.97. The molecule has 2 heterocycles. The van der Waals surface area contributed by atoms with Crippen LogP contribution >= 0.6 is 11.6 Å². The molecule has 28 heavy (non-hydrogen) atoms. The molecule has 0 spiro atoms. The largest absolute Gasteiger partial charge is 0.333 e. The molecule has 2 saturated heterocycles. The SMILES string of the molecule is CN1C(=O)NC(=O)C2C1NC(=NCc1ccccc1Cl)N2Cc1ccccc1. The number of hydrogen-bond acceptors (Lipinski definition) is 3. The smallest absolute Gasteiger partial charge is 0.325 e. The number of imide groups is 1. The average Bonchev–Trinajstić information content (AvgIpc) is 3.05. The number of halogens is 1. The lowest BCUT2D eigenvalue weighted by atomic mass is 10.1. The van der Waals surface area contributed by atoms with Crippen molar-refractivity contribution in [3.63, 3.8) is 0 Å². The molecule has 2 aliphatic heterocycles. The molecule has 2 N–H and O–H groups in total. The Morgan fingerprint density at radius 3 is 2.54 bits per heavy atom. The summed E-state index contributed by atoms with van der Waals surface area (Å²) in [5.74, 6) is 0.231. The Kier molecular flexibility index (Phi) is 4.92. The van der Waals surface area contributed by atoms with Crippen molar-refractivity contribution in [2.45, 2.75) is 25.3 Å². The van der Waals surface area contributed by atoms with E-state index in [1.54, 1.807) is 7.05 Å². The van der Waals surface area contributed by atoms with Gasteiger partial charge in [-0.1, -0.05) is 60.1 Å². The Morgan fingerprint density at radius 1 is 1.07 bits per heavy atom. The molecule has 0 radical (unpaired) electrons. The van der Waals surface area contributed by atoms with E-state index in [-0.39, 0.29) is 5.91 Å². The molecule has 0 bridgehead atoms. The first-order chi connectivity index (χ1) is 13.5. The highest BCUT2D eigenvalue weighted by Gasteiger charge is 2.49. The second-order valence-corrected chi connectivity index (χ2v) is 7.19. The van der Waals surface area contributed by atoms with E-state index < -0.39 is 18.2 Å². The molecular formula is C20H20ClN5O2. The van der Waals surface area contributed by atoms with Gasteiger partial charge in [0.25, 0.3) is 5.91 Å². The normalized spacial score (nSPS) is 22.9. The van der Waals surface area contributed by atoms with Gasteiger partial charge in [0.15, 0.2) is 12.0 Å². The van der Waals surface area contributed by atoms with E-state index in [1.807, 2.05) is 59.5 Å². The van der Waals surface area contributed by atoms with E-state index >= 15 is 0 Å². The van der Waals surface area contributed by atoms with Crippen LogP contribution in [-0.4, -0.2) is 47.0 Å². The number of nitrogens with one attached hydrogen (secondary N) is 2. The number of nitrogens with zero attached hydrogens (tertiary/aromatic N) is 3. The molecule has 4 rings (SSSR count). The molecule has 2 aromatic rings. The molecule has 0 aliphatic carbocycles. The van der Waals surface area contributed by atoms with Gasteiger partial charge in [-0.15, -0.1) is 0 Å². The van der Waals surface area contributed by atoms with Crippen LogP contribution in [0, 0.1) is 0 Å². The minimum Gasteiger partial charge on any atom is -0.333 e. The Hall–Kier alpha value is -3.06. The van der Waals surface area contributed by atoms with Crippen LogP contribution in [0.4, 0.5) is 4.79 Å². The van der Waals surface area contributed by atoms with Crippen molar-refractivity contribution in [3.05, 3.63) is 70.7 Å². The zero-order valence-electron chi connectivity index (χ0n) is 15.3. The van der Waals surface area contributed by atoms with E-state index in [0.717, 1.165) is 11.1 Å². The van der Waals surface area contributed by atoms with E-state index in [0.29, 0.717) is 24.1 Å². The summed E-state index contributed by atoms with van der Waals surface area (Å²) in [6.45, 7) is 0.859. The summed E-state index contributed by atoms with van der Waals surface area (Å²) in [5, 5.41) is 6.29. The van der Waals surface area contributed by atoms with Gasteiger partial charge < -0.3 is 15.1 Å². The summed E-state index contributed by atoms with van der Waals surface area (Å²) in [4.78, 5) is 32.7. The third-order valence-corrected chi connectivity index (χ3v) is 5.34. The first kappa shape index (κ1) is 18.3. The van der Waals surface area contributed by atoms with E-state index in [1.165, 1.54) is 4.90 Å². The van der Waals surface area contributed by atoms with E-state index in [9.17, 15) is 9.59 Å². The summed E-state index contributed by atoms with van der Waals surface area (Å²) < 4.78 is 0. The molecule has 0 aromatic heterocycles. The predicted molar refractivity (Wildman–Crippen MR) is 107 cm³/mol. The lowest BCUT2D eigenvalue weighted by molar-refractivity contribution is -0.127. The number of likely N-dealkylation sites (N-methyl/N-ethyl adjacent to an activating group) is 1. The fraction of sp³-hybridized carbons (Fsp3) is 0.250. The molecule has 2 atom stereocenters. The minimum atomic E-state index is -0.562. The number of aliphatic imine (C=N–C) groups is 1. The van der Waals surface area contributed by atoms with Crippen molar-refractivity contribution >= 4 is 29.5 Å². The van der Waals surface area contributed by atoms with Gasteiger partial charge in [-0.2, -0.15) is 0 Å². The maximum Gasteiger partial charge on any atom is 0.325 e. The molecule has 3 amide bonds. The van der Waals surface area contributed by atoms with E-state index in [2.05, 4.69) is 15.6 Å².